The van der Waals surface area contributed by atoms with E-state index in [1.807, 2.05) is 30.3 Å². The largest absolute Gasteiger partial charge is 0.383 e. The van der Waals surface area contributed by atoms with Crippen molar-refractivity contribution >= 4 is 17.4 Å². The first kappa shape index (κ1) is 21.8. The summed E-state index contributed by atoms with van der Waals surface area (Å²) in [5, 5.41) is 0. The number of H-pyrrole nitrogens is 1. The fraction of sp³-hybridized carbons (Fsp3) is 0.476. The van der Waals surface area contributed by atoms with Gasteiger partial charge in [0.1, 0.15) is 5.82 Å². The minimum atomic E-state index is -0.667. The number of rotatable bonds is 8. The van der Waals surface area contributed by atoms with Crippen LogP contribution in [0.2, 0.25) is 0 Å². The summed E-state index contributed by atoms with van der Waals surface area (Å²) >= 11 is 0. The van der Waals surface area contributed by atoms with Gasteiger partial charge in [-0.05, 0) is 24.8 Å². The van der Waals surface area contributed by atoms with Crippen molar-refractivity contribution in [2.75, 3.05) is 50.5 Å². The van der Waals surface area contributed by atoms with Gasteiger partial charge in [-0.1, -0.05) is 30.3 Å². The van der Waals surface area contributed by atoms with E-state index < -0.39 is 11.2 Å². The number of ether oxygens (including phenoxy) is 1. The van der Waals surface area contributed by atoms with Gasteiger partial charge in [-0.3, -0.25) is 24.0 Å². The van der Waals surface area contributed by atoms with Crippen molar-refractivity contribution in [2.45, 2.75) is 25.8 Å². The van der Waals surface area contributed by atoms with Gasteiger partial charge in [0.2, 0.25) is 0 Å². The zero-order valence-corrected chi connectivity index (χ0v) is 17.4. The number of nitrogens with two attached hydrogens (primary N) is 1. The Labute approximate surface area is 175 Å². The Hall–Kier alpha value is -2.91. The van der Waals surface area contributed by atoms with Gasteiger partial charge in [0.25, 0.3) is 11.5 Å². The topological polar surface area (TPSA) is 115 Å². The van der Waals surface area contributed by atoms with E-state index in [0.717, 1.165) is 31.5 Å². The van der Waals surface area contributed by atoms with Crippen LogP contribution in [0, 0.1) is 0 Å². The number of nitrogens with one attached hydrogen (secondary N) is 2. The predicted molar refractivity (Wildman–Crippen MR) is 115 cm³/mol. The number of quaternary nitrogens is 1. The summed E-state index contributed by atoms with van der Waals surface area (Å²) in [4.78, 5) is 43.1. The average Bonchev–Trinajstić information content (AvgIpc) is 2.74. The molecule has 9 nitrogen and oxygen atoms in total. The average molecular weight is 417 g/mol. The first-order valence-electron chi connectivity index (χ1n) is 10.3. The molecular weight excluding hydrogens is 386 g/mol. The van der Waals surface area contributed by atoms with Crippen LogP contribution in [0.5, 0.6) is 0 Å². The Kier molecular flexibility index (Phi) is 7.42. The van der Waals surface area contributed by atoms with Crippen molar-refractivity contribution < 1.29 is 14.4 Å². The molecule has 1 amide bonds. The Morgan fingerprint density at radius 3 is 2.57 bits per heavy atom. The van der Waals surface area contributed by atoms with E-state index in [0.29, 0.717) is 0 Å². The Morgan fingerprint density at radius 2 is 1.90 bits per heavy atom. The van der Waals surface area contributed by atoms with Crippen LogP contribution in [0.25, 0.3) is 0 Å². The molecule has 0 unspecified atom stereocenters. The maximum atomic E-state index is 13.1. The van der Waals surface area contributed by atoms with Gasteiger partial charge in [0.15, 0.2) is 12.2 Å². The highest BCUT2D eigenvalue weighted by atomic mass is 16.5. The maximum Gasteiger partial charge on any atom is 0.330 e. The summed E-state index contributed by atoms with van der Waals surface area (Å²) in [6.45, 7) is 2.77. The molecule has 3 rings (SSSR count). The molecule has 0 atom stereocenters. The third kappa shape index (κ3) is 5.17. The third-order valence-corrected chi connectivity index (χ3v) is 5.45. The van der Waals surface area contributed by atoms with Gasteiger partial charge >= 0.3 is 5.69 Å². The number of amides is 1. The molecule has 0 spiro atoms. The normalized spacial score (nSPS) is 14.6. The Balaban J connectivity index is 1.95. The SMILES string of the molecule is COCCN(C(=O)C[NH+]1CCCCC1)c1c(N)n(Cc2ccccc2)c(=O)[nH]c1=O. The number of aromatic amines is 1. The lowest BCUT2D eigenvalue weighted by Crippen LogP contribution is -3.14. The van der Waals surface area contributed by atoms with Crippen molar-refractivity contribution in [2.24, 2.45) is 0 Å². The third-order valence-electron chi connectivity index (χ3n) is 5.45. The highest BCUT2D eigenvalue weighted by Gasteiger charge is 2.27. The number of hydrogen-bond donors (Lipinski definition) is 3. The summed E-state index contributed by atoms with van der Waals surface area (Å²) in [5.41, 5.74) is 5.87. The number of carbonyl (C=O) groups excluding carboxylic acids is 1. The first-order valence-corrected chi connectivity index (χ1v) is 10.3. The molecule has 1 fully saturated rings. The lowest BCUT2D eigenvalue weighted by atomic mass is 10.1. The maximum absolute atomic E-state index is 13.1. The van der Waals surface area contributed by atoms with E-state index in [-0.39, 0.29) is 43.7 Å². The molecule has 2 aromatic rings. The monoisotopic (exact) mass is 416 g/mol. The smallest absolute Gasteiger partial charge is 0.330 e. The number of aromatic nitrogens is 2. The molecule has 0 bridgehead atoms. The van der Waals surface area contributed by atoms with E-state index in [9.17, 15) is 14.4 Å². The molecule has 0 radical (unpaired) electrons. The molecule has 162 valence electrons. The second-order valence-corrected chi connectivity index (χ2v) is 7.59. The van der Waals surface area contributed by atoms with Gasteiger partial charge in [0.05, 0.1) is 26.2 Å². The predicted octanol–water partition coefficient (Wildman–Crippen LogP) is -0.785. The van der Waals surface area contributed by atoms with E-state index in [1.54, 1.807) is 0 Å². The van der Waals surface area contributed by atoms with Gasteiger partial charge in [-0.2, -0.15) is 0 Å². The van der Waals surface area contributed by atoms with E-state index in [4.69, 9.17) is 10.5 Å². The summed E-state index contributed by atoms with van der Waals surface area (Å²) in [6.07, 6.45) is 3.36. The molecule has 1 aromatic heterocycles. The number of benzene rings is 1. The number of piperidine rings is 1. The van der Waals surface area contributed by atoms with Crippen LogP contribution in [-0.4, -0.2) is 55.4 Å². The first-order chi connectivity index (χ1) is 14.5. The van der Waals surface area contributed by atoms with Crippen molar-refractivity contribution in [1.29, 1.82) is 0 Å². The molecule has 30 heavy (non-hydrogen) atoms. The summed E-state index contributed by atoms with van der Waals surface area (Å²) in [7, 11) is 1.53. The second kappa shape index (κ2) is 10.2. The van der Waals surface area contributed by atoms with Crippen LogP contribution in [0.4, 0.5) is 11.5 Å². The molecule has 9 heteroatoms. The Morgan fingerprint density at radius 1 is 1.20 bits per heavy atom. The number of nitrogens with zero attached hydrogens (tertiary/aromatic N) is 2. The molecule has 1 aliphatic heterocycles. The highest BCUT2D eigenvalue weighted by molar-refractivity contribution is 5.96. The molecule has 1 aromatic carbocycles. The summed E-state index contributed by atoms with van der Waals surface area (Å²) < 4.78 is 6.43. The van der Waals surface area contributed by atoms with Gasteiger partial charge < -0.3 is 15.4 Å². The van der Waals surface area contributed by atoms with Crippen LogP contribution < -0.4 is 26.8 Å². The second-order valence-electron chi connectivity index (χ2n) is 7.59. The number of likely N-dealkylation sites (tertiary alicyclic amines) is 1. The van der Waals surface area contributed by atoms with Crippen LogP contribution in [0.3, 0.4) is 0 Å². The molecule has 4 N–H and O–H groups in total. The van der Waals surface area contributed by atoms with Crippen molar-refractivity contribution in [1.82, 2.24) is 9.55 Å². The number of carbonyl (C=O) groups is 1. The van der Waals surface area contributed by atoms with Crippen LogP contribution in [0.15, 0.2) is 39.9 Å². The van der Waals surface area contributed by atoms with Gasteiger partial charge in [-0.15, -0.1) is 0 Å². The lowest BCUT2D eigenvalue weighted by Gasteiger charge is -2.28. The van der Waals surface area contributed by atoms with Crippen molar-refractivity contribution in [3.63, 3.8) is 0 Å². The molecule has 1 saturated heterocycles. The van der Waals surface area contributed by atoms with E-state index >= 15 is 0 Å². The number of methoxy groups -OCH3 is 1. The minimum absolute atomic E-state index is 0.00369. The minimum Gasteiger partial charge on any atom is -0.383 e. The van der Waals surface area contributed by atoms with Crippen molar-refractivity contribution in [3.05, 3.63) is 56.7 Å². The summed E-state index contributed by atoms with van der Waals surface area (Å²) in [5.74, 6) is -0.225. The van der Waals surface area contributed by atoms with Crippen LogP contribution in [-0.2, 0) is 16.1 Å². The Bertz CT molecular complexity index is 964. The van der Waals surface area contributed by atoms with E-state index in [1.165, 1.54) is 27.9 Å². The van der Waals surface area contributed by atoms with Gasteiger partial charge in [0, 0.05) is 13.7 Å². The standard InChI is InChI=1S/C21H29N5O4/c1-30-13-12-25(17(27)15-24-10-6-3-7-11-24)18-19(22)26(21(29)23-20(18)28)14-16-8-4-2-5-9-16/h2,4-5,8-9H,3,6-7,10-15,22H2,1H3,(H,23,28,29)/p+1. The van der Waals surface area contributed by atoms with Crippen LogP contribution >= 0.6 is 0 Å². The molecular formula is C21H30N5O4+. The number of nitrogen functional groups attached to an aromatic ring is 1. The molecule has 1 aliphatic rings. The molecule has 0 aliphatic carbocycles. The zero-order chi connectivity index (χ0) is 21.5. The number of anilines is 2. The fourth-order valence-electron chi connectivity index (χ4n) is 3.84. The quantitative estimate of drug-likeness (QED) is 0.522. The summed E-state index contributed by atoms with van der Waals surface area (Å²) in [6, 6.07) is 9.33. The lowest BCUT2D eigenvalue weighted by molar-refractivity contribution is -0.896. The van der Waals surface area contributed by atoms with Crippen molar-refractivity contribution in [3.8, 4) is 0 Å². The highest BCUT2D eigenvalue weighted by Crippen LogP contribution is 2.17. The molecule has 2 heterocycles. The van der Waals surface area contributed by atoms with Crippen LogP contribution in [0.1, 0.15) is 24.8 Å². The molecule has 0 saturated carbocycles. The fourth-order valence-corrected chi connectivity index (χ4v) is 3.84. The van der Waals surface area contributed by atoms with E-state index in [2.05, 4.69) is 4.98 Å². The van der Waals surface area contributed by atoms with Gasteiger partial charge in [-0.25, -0.2) is 4.79 Å². The zero-order valence-electron chi connectivity index (χ0n) is 17.4. The number of hydrogen-bond acceptors (Lipinski definition) is 5.